The van der Waals surface area contributed by atoms with E-state index in [0.29, 0.717) is 19.4 Å². The van der Waals surface area contributed by atoms with E-state index in [-0.39, 0.29) is 11.7 Å². The van der Waals surface area contributed by atoms with Gasteiger partial charge in [0.1, 0.15) is 11.2 Å². The van der Waals surface area contributed by atoms with Gasteiger partial charge in [-0.05, 0) is 54.4 Å². The Balaban J connectivity index is 4.49. The summed E-state index contributed by atoms with van der Waals surface area (Å²) in [6.45, 7) is 14.6. The van der Waals surface area contributed by atoms with Gasteiger partial charge in [0, 0.05) is 12.5 Å². The van der Waals surface area contributed by atoms with Crippen LogP contribution in [0.1, 0.15) is 68.2 Å². The minimum atomic E-state index is -0.643. The summed E-state index contributed by atoms with van der Waals surface area (Å²) in [4.78, 5) is 35.8. The Morgan fingerprint density at radius 3 is 1.80 bits per heavy atom. The minimum absolute atomic E-state index is 0.0665. The quantitative estimate of drug-likeness (QED) is 0.680. The molecule has 0 aliphatic rings. The van der Waals surface area contributed by atoms with Crippen LogP contribution in [0.4, 0.5) is 9.59 Å². The molecular formula is C18H34N2O5. The van der Waals surface area contributed by atoms with Crippen molar-refractivity contribution in [2.75, 3.05) is 6.54 Å². The normalized spacial score (nSPS) is 13.2. The first kappa shape index (κ1) is 23.2. The first-order chi connectivity index (χ1) is 11.2. The molecule has 1 atom stereocenters. The van der Waals surface area contributed by atoms with Gasteiger partial charge in [-0.1, -0.05) is 13.8 Å². The average Bonchev–Trinajstić information content (AvgIpc) is 2.37. The number of ketones is 1. The van der Waals surface area contributed by atoms with Crippen molar-refractivity contribution in [2.24, 2.45) is 5.92 Å². The van der Waals surface area contributed by atoms with Gasteiger partial charge in [-0.25, -0.2) is 9.59 Å². The molecule has 0 rings (SSSR count). The van der Waals surface area contributed by atoms with E-state index in [0.717, 1.165) is 0 Å². The Kier molecular flexibility index (Phi) is 8.94. The fourth-order valence-corrected chi connectivity index (χ4v) is 1.95. The third kappa shape index (κ3) is 12.3. The van der Waals surface area contributed by atoms with Crippen LogP contribution in [-0.2, 0) is 14.3 Å². The van der Waals surface area contributed by atoms with Gasteiger partial charge in [-0.3, -0.25) is 4.79 Å². The molecule has 0 aromatic carbocycles. The Hall–Kier alpha value is -1.79. The number of hydrogen-bond donors (Lipinski definition) is 2. The van der Waals surface area contributed by atoms with Crippen molar-refractivity contribution in [3.63, 3.8) is 0 Å². The zero-order chi connectivity index (χ0) is 19.8. The molecule has 7 heteroatoms. The lowest BCUT2D eigenvalue weighted by atomic mass is 9.98. The van der Waals surface area contributed by atoms with Gasteiger partial charge in [-0.2, -0.15) is 0 Å². The summed E-state index contributed by atoms with van der Waals surface area (Å²) < 4.78 is 10.3. The number of carbonyl (C=O) groups is 3. The van der Waals surface area contributed by atoms with Gasteiger partial charge in [0.25, 0.3) is 0 Å². The number of hydrogen-bond acceptors (Lipinski definition) is 5. The molecular weight excluding hydrogens is 324 g/mol. The second-order valence-electron chi connectivity index (χ2n) is 8.33. The van der Waals surface area contributed by atoms with Crippen molar-refractivity contribution in [3.05, 3.63) is 0 Å². The summed E-state index contributed by atoms with van der Waals surface area (Å²) in [5.41, 5.74) is -1.19. The fraction of sp³-hybridized carbons (Fsp3) is 0.833. The molecule has 7 nitrogen and oxygen atoms in total. The maximum atomic E-state index is 12.3. The molecule has 0 aliphatic carbocycles. The van der Waals surface area contributed by atoms with E-state index in [2.05, 4.69) is 10.6 Å². The van der Waals surface area contributed by atoms with Crippen molar-refractivity contribution < 1.29 is 23.9 Å². The Bertz CT molecular complexity index is 461. The largest absolute Gasteiger partial charge is 0.444 e. The lowest BCUT2D eigenvalue weighted by molar-refractivity contribution is -0.124. The van der Waals surface area contributed by atoms with E-state index < -0.39 is 29.4 Å². The van der Waals surface area contributed by atoms with Gasteiger partial charge < -0.3 is 20.1 Å². The van der Waals surface area contributed by atoms with Crippen LogP contribution in [0.15, 0.2) is 0 Å². The highest BCUT2D eigenvalue weighted by Gasteiger charge is 2.25. The minimum Gasteiger partial charge on any atom is -0.444 e. The highest BCUT2D eigenvalue weighted by atomic mass is 16.6. The van der Waals surface area contributed by atoms with E-state index in [1.165, 1.54) is 0 Å². The van der Waals surface area contributed by atoms with E-state index >= 15 is 0 Å². The van der Waals surface area contributed by atoms with Crippen LogP contribution in [0.2, 0.25) is 0 Å². The molecule has 0 bridgehead atoms. The zero-order valence-electron chi connectivity index (χ0n) is 16.8. The molecule has 0 spiro atoms. The third-order valence-corrected chi connectivity index (χ3v) is 2.94. The van der Waals surface area contributed by atoms with Crippen molar-refractivity contribution in [1.29, 1.82) is 0 Å². The standard InChI is InChI=1S/C18H34N2O5/c1-12(2)14(21)13(20-16(23)25-18(6,7)8)10-9-11-19-15(22)24-17(3,4)5/h12-13H,9-11H2,1-8H3,(H,19,22)(H,20,23)/t13-/m0/s1. The van der Waals surface area contributed by atoms with Gasteiger partial charge in [0.05, 0.1) is 6.04 Å². The topological polar surface area (TPSA) is 93.7 Å². The van der Waals surface area contributed by atoms with Crippen LogP contribution in [0.3, 0.4) is 0 Å². The summed E-state index contributed by atoms with van der Waals surface area (Å²) >= 11 is 0. The van der Waals surface area contributed by atoms with E-state index in [1.54, 1.807) is 55.4 Å². The number of rotatable bonds is 7. The van der Waals surface area contributed by atoms with Crippen LogP contribution in [0.5, 0.6) is 0 Å². The highest BCUT2D eigenvalue weighted by molar-refractivity contribution is 5.88. The SMILES string of the molecule is CC(C)C(=O)[C@H](CCCNC(=O)OC(C)(C)C)NC(=O)OC(C)(C)C. The number of nitrogens with one attached hydrogen (secondary N) is 2. The fourth-order valence-electron chi connectivity index (χ4n) is 1.95. The maximum Gasteiger partial charge on any atom is 0.408 e. The molecule has 0 fully saturated rings. The number of alkyl carbamates (subject to hydrolysis) is 2. The summed E-state index contributed by atoms with van der Waals surface area (Å²) in [7, 11) is 0. The van der Waals surface area contributed by atoms with Gasteiger partial charge in [0.15, 0.2) is 5.78 Å². The van der Waals surface area contributed by atoms with E-state index in [4.69, 9.17) is 9.47 Å². The maximum absolute atomic E-state index is 12.3. The van der Waals surface area contributed by atoms with Crippen LogP contribution >= 0.6 is 0 Å². The molecule has 0 unspecified atom stereocenters. The molecule has 0 saturated carbocycles. The molecule has 0 radical (unpaired) electrons. The second kappa shape index (κ2) is 9.63. The lowest BCUT2D eigenvalue weighted by Crippen LogP contribution is -2.45. The monoisotopic (exact) mass is 358 g/mol. The first-order valence-corrected chi connectivity index (χ1v) is 8.71. The van der Waals surface area contributed by atoms with Gasteiger partial charge in [0.2, 0.25) is 0 Å². The number of carbonyl (C=O) groups excluding carboxylic acids is 3. The van der Waals surface area contributed by atoms with Crippen molar-refractivity contribution >= 4 is 18.0 Å². The molecule has 25 heavy (non-hydrogen) atoms. The third-order valence-electron chi connectivity index (χ3n) is 2.94. The summed E-state index contributed by atoms with van der Waals surface area (Å²) in [6, 6.07) is -0.643. The molecule has 0 aliphatic heterocycles. The predicted octanol–water partition coefficient (Wildman–Crippen LogP) is 3.41. The van der Waals surface area contributed by atoms with E-state index in [1.807, 2.05) is 0 Å². The molecule has 0 aromatic heterocycles. The van der Waals surface area contributed by atoms with Crippen molar-refractivity contribution in [2.45, 2.75) is 85.5 Å². The zero-order valence-corrected chi connectivity index (χ0v) is 16.8. The second-order valence-corrected chi connectivity index (χ2v) is 8.33. The van der Waals surface area contributed by atoms with Gasteiger partial charge >= 0.3 is 12.2 Å². The number of amides is 2. The van der Waals surface area contributed by atoms with Crippen LogP contribution in [0, 0.1) is 5.92 Å². The summed E-state index contributed by atoms with van der Waals surface area (Å²) in [6.07, 6.45) is -0.185. The highest BCUT2D eigenvalue weighted by Crippen LogP contribution is 2.10. The lowest BCUT2D eigenvalue weighted by Gasteiger charge is -2.24. The number of ether oxygens (including phenoxy) is 2. The Morgan fingerprint density at radius 1 is 0.880 bits per heavy atom. The summed E-state index contributed by atoms with van der Waals surface area (Å²) in [5.74, 6) is -0.276. The smallest absolute Gasteiger partial charge is 0.408 e. The Labute approximate surface area is 151 Å². The first-order valence-electron chi connectivity index (χ1n) is 8.71. The number of Topliss-reactive ketones (excluding diaryl/α,β-unsaturated/α-hetero) is 1. The van der Waals surface area contributed by atoms with Crippen LogP contribution < -0.4 is 10.6 Å². The summed E-state index contributed by atoms with van der Waals surface area (Å²) in [5, 5.41) is 5.26. The van der Waals surface area contributed by atoms with E-state index in [9.17, 15) is 14.4 Å². The molecule has 0 saturated heterocycles. The Morgan fingerprint density at radius 2 is 1.36 bits per heavy atom. The molecule has 0 aromatic rings. The van der Waals surface area contributed by atoms with Gasteiger partial charge in [-0.15, -0.1) is 0 Å². The van der Waals surface area contributed by atoms with Crippen molar-refractivity contribution in [3.8, 4) is 0 Å². The van der Waals surface area contributed by atoms with Crippen LogP contribution in [0.25, 0.3) is 0 Å². The predicted molar refractivity (Wildman–Crippen MR) is 96.5 cm³/mol. The molecule has 2 N–H and O–H groups in total. The van der Waals surface area contributed by atoms with Crippen molar-refractivity contribution in [1.82, 2.24) is 10.6 Å². The molecule has 2 amide bonds. The van der Waals surface area contributed by atoms with Crippen LogP contribution in [-0.4, -0.2) is 41.8 Å². The molecule has 0 heterocycles. The average molecular weight is 358 g/mol. The molecule has 146 valence electrons.